The summed E-state index contributed by atoms with van der Waals surface area (Å²) >= 11 is 12.6. The number of hydrogen-bond donors (Lipinski definition) is 1. The first-order chi connectivity index (χ1) is 32.0. The zero-order chi connectivity index (χ0) is 48.4. The van der Waals surface area contributed by atoms with Gasteiger partial charge in [0, 0.05) is 16.7 Å². The van der Waals surface area contributed by atoms with Gasteiger partial charge in [-0.3, -0.25) is 29.1 Å². The Morgan fingerprint density at radius 2 is 1.16 bits per heavy atom. The molecule has 1 aromatic heterocycles. The van der Waals surface area contributed by atoms with Crippen molar-refractivity contribution in [1.29, 1.82) is 0 Å². The first-order valence-corrected chi connectivity index (χ1v) is 20.5. The highest BCUT2D eigenvalue weighted by atomic mass is 35.5. The van der Waals surface area contributed by atoms with E-state index in [1.807, 2.05) is 0 Å². The number of nitro groups is 1. The lowest BCUT2D eigenvalue weighted by atomic mass is 9.93. The van der Waals surface area contributed by atoms with E-state index in [1.165, 1.54) is 63.7 Å². The van der Waals surface area contributed by atoms with Crippen LogP contribution in [-0.4, -0.2) is 54.7 Å². The lowest BCUT2D eigenvalue weighted by molar-refractivity contribution is -0.387. The van der Waals surface area contributed by atoms with E-state index in [9.17, 15) is 38.4 Å². The van der Waals surface area contributed by atoms with Crippen molar-refractivity contribution >= 4 is 57.2 Å². The number of Topliss-reactive ketones (excluding diaryl/α,β-unsaturated/α-hetero) is 1. The van der Waals surface area contributed by atoms with Crippen LogP contribution in [0, 0.1) is 33.4 Å². The maximum absolute atomic E-state index is 16.1. The zero-order valence-electron chi connectivity index (χ0n) is 35.6. The maximum Gasteiger partial charge on any atom is 0.375 e. The molecule has 67 heavy (non-hydrogen) atoms. The van der Waals surface area contributed by atoms with Crippen molar-refractivity contribution in [2.45, 2.75) is 19.5 Å². The Labute approximate surface area is 388 Å². The number of rotatable bonds is 11. The molecule has 0 unspecified atom stereocenters. The molecule has 344 valence electrons. The summed E-state index contributed by atoms with van der Waals surface area (Å²) in [6.07, 6.45) is -0.415. The molecular weight excluding hydrogens is 925 g/mol. The number of carbonyl (C=O) groups is 2. The zero-order valence-corrected chi connectivity index (χ0v) is 37.1. The smallest absolute Gasteiger partial charge is 0.375 e. The van der Waals surface area contributed by atoms with Gasteiger partial charge in [0.05, 0.1) is 90.6 Å². The fourth-order valence-electron chi connectivity index (χ4n) is 7.65. The molecule has 0 spiro atoms. The van der Waals surface area contributed by atoms with Crippen LogP contribution in [0.25, 0.3) is 33.2 Å². The summed E-state index contributed by atoms with van der Waals surface area (Å²) in [5.74, 6) is -4.70. The summed E-state index contributed by atoms with van der Waals surface area (Å²) in [6.45, 7) is -0.289. The molecule has 0 fully saturated rings. The minimum atomic E-state index is -1.25. The minimum absolute atomic E-state index is 0.00943. The average Bonchev–Trinajstić information content (AvgIpc) is 3.30. The molecule has 1 aliphatic heterocycles. The van der Waals surface area contributed by atoms with Crippen LogP contribution in [-0.2, 0) is 17.9 Å². The number of fused-ring (bicyclic) bond motifs is 2. The van der Waals surface area contributed by atoms with Crippen molar-refractivity contribution in [3.8, 4) is 51.0 Å². The fraction of sp³-hybridized carbons (Fsp3) is 0.146. The van der Waals surface area contributed by atoms with Crippen molar-refractivity contribution in [3.63, 3.8) is 0 Å². The second kappa shape index (κ2) is 19.5. The normalized spacial score (nSPS) is 12.1. The molecule has 0 saturated heterocycles. The van der Waals surface area contributed by atoms with Gasteiger partial charge in [0.25, 0.3) is 0 Å². The van der Waals surface area contributed by atoms with E-state index in [1.54, 1.807) is 48.5 Å². The van der Waals surface area contributed by atoms with Crippen LogP contribution in [0.2, 0.25) is 10.0 Å². The number of ketones is 1. The largest absolute Gasteiger partial charge is 0.501 e. The number of carbonyl (C=O) groups excluding carboxylic acids is 2. The molecule has 0 radical (unpaired) electrons. The highest BCUT2D eigenvalue weighted by Gasteiger charge is 2.36. The number of ether oxygens (including phenoxy) is 4. The molecule has 7 aromatic rings. The van der Waals surface area contributed by atoms with Crippen molar-refractivity contribution in [3.05, 3.63) is 168 Å². The molecule has 6 aromatic carbocycles. The number of nitrogens with zero attached hydrogens (tertiary/aromatic N) is 3. The van der Waals surface area contributed by atoms with Crippen LogP contribution in [0.3, 0.4) is 0 Å². The van der Waals surface area contributed by atoms with E-state index in [4.69, 9.17) is 42.1 Å². The number of amides is 1. The van der Waals surface area contributed by atoms with Gasteiger partial charge in [0.15, 0.2) is 17.4 Å². The number of anilines is 1. The number of aromatic hydroxyl groups is 1. The number of pyridine rings is 1. The Kier molecular flexibility index (Phi) is 13.7. The predicted octanol–water partition coefficient (Wildman–Crippen LogP) is 10.7. The highest BCUT2D eigenvalue weighted by molar-refractivity contribution is 6.35. The van der Waals surface area contributed by atoms with Crippen molar-refractivity contribution in [2.24, 2.45) is 0 Å². The Hall–Kier alpha value is -7.63. The van der Waals surface area contributed by atoms with Gasteiger partial charge >= 0.3 is 11.2 Å². The topological polar surface area (TPSA) is 160 Å². The number of aromatic nitrogens is 1. The lowest BCUT2D eigenvalue weighted by Gasteiger charge is -2.30. The minimum Gasteiger partial charge on any atom is -0.501 e. The van der Waals surface area contributed by atoms with Crippen molar-refractivity contribution < 1.29 is 56.1 Å². The Balaban J connectivity index is 0.000000200. The molecule has 8 rings (SSSR count). The third kappa shape index (κ3) is 8.90. The third-order valence-corrected chi connectivity index (χ3v) is 11.4. The van der Waals surface area contributed by atoms with Crippen molar-refractivity contribution in [2.75, 3.05) is 33.3 Å². The van der Waals surface area contributed by atoms with Gasteiger partial charge in [0.1, 0.15) is 34.6 Å². The van der Waals surface area contributed by atoms with E-state index >= 15 is 8.78 Å². The second-order valence-corrected chi connectivity index (χ2v) is 15.5. The molecule has 19 heteroatoms. The van der Waals surface area contributed by atoms with Crippen LogP contribution in [0.4, 0.5) is 28.9 Å². The summed E-state index contributed by atoms with van der Waals surface area (Å²) in [5.41, 5.74) is -3.15. The van der Waals surface area contributed by atoms with Crippen LogP contribution < -0.4 is 29.4 Å². The molecule has 0 bridgehead atoms. The monoisotopic (exact) mass is 959 g/mol. The van der Waals surface area contributed by atoms with Crippen LogP contribution in [0.1, 0.15) is 27.9 Å². The van der Waals surface area contributed by atoms with Gasteiger partial charge < -0.3 is 29.0 Å². The number of benzene rings is 6. The number of hydrogen-bond acceptors (Lipinski definition) is 10. The molecule has 1 N–H and O–H groups in total. The van der Waals surface area contributed by atoms with Gasteiger partial charge in [-0.15, -0.1) is 0 Å². The maximum atomic E-state index is 16.1. The van der Waals surface area contributed by atoms with E-state index in [2.05, 4.69) is 0 Å². The second-order valence-electron chi connectivity index (χ2n) is 14.6. The van der Waals surface area contributed by atoms with Crippen molar-refractivity contribution in [1.82, 2.24) is 4.57 Å². The van der Waals surface area contributed by atoms with Gasteiger partial charge in [-0.05, 0) is 71.8 Å². The molecule has 0 saturated carbocycles. The Bertz CT molecular complexity index is 3190. The lowest BCUT2D eigenvalue weighted by Crippen LogP contribution is -2.38. The molecule has 1 amide bonds. The highest BCUT2D eigenvalue weighted by Crippen LogP contribution is 2.46. The average molecular weight is 961 g/mol. The molecule has 13 nitrogen and oxygen atoms in total. The standard InChI is InChI=1S/C24H17ClF2N2O6.C24H18ClF2NO4/c1-34-13-8-6-12(7-9-13)11-28-21-14(23(30)22(24(28)31)29(32)33)10-15(25)18(20(21)27)19-16(26)4-3-5-17(19)35-2;1-31-14-8-6-13(7-9-14)12-28-20(30)11-18(29)15-10-16(25)21(23(27)24(15)28)22-17(26)4-3-5-19(22)32-2/h3-10,30H,11H2,1-2H3;3-10H,11-12H2,1-2H3. The van der Waals surface area contributed by atoms with Crippen LogP contribution in [0.15, 0.2) is 102 Å². The van der Waals surface area contributed by atoms with Crippen LogP contribution >= 0.6 is 23.2 Å². The number of halogens is 6. The van der Waals surface area contributed by atoms with E-state index in [-0.39, 0.29) is 68.0 Å². The summed E-state index contributed by atoms with van der Waals surface area (Å²) < 4.78 is 83.0. The quantitative estimate of drug-likeness (QED) is 0.0572. The van der Waals surface area contributed by atoms with E-state index in [0.29, 0.717) is 22.6 Å². The Morgan fingerprint density at radius 1 is 0.672 bits per heavy atom. The summed E-state index contributed by atoms with van der Waals surface area (Å²) in [5, 5.41) is 21.2. The fourth-order valence-corrected chi connectivity index (χ4v) is 8.22. The SMILES string of the molecule is COc1ccc(CN2C(=O)CC(=O)c3cc(Cl)c(-c4c(F)cccc4OC)c(F)c32)cc1.COc1ccc(Cn2c(=O)c([N+](=O)[O-])c(O)c3cc(Cl)c(-c4c(F)cccc4OC)c(F)c32)cc1. The van der Waals surface area contributed by atoms with E-state index < -0.39 is 74.4 Å². The predicted molar refractivity (Wildman–Crippen MR) is 242 cm³/mol. The third-order valence-electron chi connectivity index (χ3n) is 10.8. The van der Waals surface area contributed by atoms with Crippen LogP contribution in [0.5, 0.6) is 28.7 Å². The molecule has 2 heterocycles. The first kappa shape index (κ1) is 47.3. The first-order valence-electron chi connectivity index (χ1n) is 19.7. The van der Waals surface area contributed by atoms with Gasteiger partial charge in [0.2, 0.25) is 11.7 Å². The summed E-state index contributed by atoms with van der Waals surface area (Å²) in [6, 6.07) is 23.5. The van der Waals surface area contributed by atoms with E-state index in [0.717, 1.165) is 22.8 Å². The summed E-state index contributed by atoms with van der Waals surface area (Å²) in [4.78, 5) is 50.1. The van der Waals surface area contributed by atoms with Gasteiger partial charge in [-0.25, -0.2) is 17.6 Å². The van der Waals surface area contributed by atoms with Gasteiger partial charge in [-0.2, -0.15) is 0 Å². The van der Waals surface area contributed by atoms with Gasteiger partial charge in [-0.1, -0.05) is 59.6 Å². The number of methoxy groups -OCH3 is 4. The summed E-state index contributed by atoms with van der Waals surface area (Å²) in [7, 11) is 5.59. The Morgan fingerprint density at radius 3 is 1.66 bits per heavy atom. The molecule has 0 atom stereocenters. The molecule has 1 aliphatic rings. The molecular formula is C48H35Cl2F4N3O10. The molecule has 0 aliphatic carbocycles.